The number of halogens is 2. The zero-order chi connectivity index (χ0) is 28.5. The Morgan fingerprint density at radius 1 is 0.556 bits per heavy atom. The van der Waals surface area contributed by atoms with Crippen LogP contribution in [0.5, 0.6) is 0 Å². The van der Waals surface area contributed by atoms with Crippen LogP contribution in [-0.2, 0) is 38.1 Å². The number of esters is 3. The van der Waals surface area contributed by atoms with E-state index < -0.39 is 72.9 Å². The fourth-order valence-corrected chi connectivity index (χ4v) is 1.76. The van der Waals surface area contributed by atoms with Gasteiger partial charge in [-0.15, -0.1) is 0 Å². The summed E-state index contributed by atoms with van der Waals surface area (Å²) in [7, 11) is 0. The van der Waals surface area contributed by atoms with Gasteiger partial charge in [0.15, 0.2) is 0 Å². The molecule has 4 N–H and O–H groups in total. The summed E-state index contributed by atoms with van der Waals surface area (Å²) in [6.45, 7) is 2.76. The lowest BCUT2D eigenvalue weighted by Gasteiger charge is -2.15. The molecule has 0 aliphatic carbocycles. The average molecular weight is 569 g/mol. The first-order chi connectivity index (χ1) is 17.0. The molecule has 0 amide bonds. The summed E-state index contributed by atoms with van der Waals surface area (Å²) in [4.78, 5) is 53.7. The van der Waals surface area contributed by atoms with Gasteiger partial charge in [0.1, 0.15) is 31.0 Å². The number of hydrogen-bond acceptors (Lipinski definition) is 14. The number of hydrogen-bond donors (Lipinski definition) is 4. The van der Waals surface area contributed by atoms with Crippen molar-refractivity contribution < 1.29 is 68.1 Å². The van der Waals surface area contributed by atoms with E-state index in [1.54, 1.807) is 20.8 Å². The molecular weight excluding hydrogens is 535 g/mol. The Morgan fingerprint density at radius 3 is 1.03 bits per heavy atom. The third-order valence-corrected chi connectivity index (χ3v) is 3.55. The van der Waals surface area contributed by atoms with Crippen molar-refractivity contribution in [3.8, 4) is 0 Å². The highest BCUT2D eigenvalue weighted by Gasteiger charge is 2.24. The van der Waals surface area contributed by atoms with Crippen LogP contribution in [-0.4, -0.2) is 109 Å². The van der Waals surface area contributed by atoms with Gasteiger partial charge in [-0.3, -0.25) is 19.2 Å². The van der Waals surface area contributed by atoms with Crippen LogP contribution in [0.1, 0.15) is 20.8 Å². The molecule has 212 valence electrons. The lowest BCUT2D eigenvalue weighted by atomic mass is 10.2. The molecule has 0 aromatic rings. The first-order valence-electron chi connectivity index (χ1n) is 10.6. The molecule has 0 rings (SSSR count). The normalized spacial score (nSPS) is 11.4. The standard InChI is InChI=1S/C13H22O9.C6H12O4.CCl2O/c1-3-19-11(16)9(5-14)7-21-13(18)22-8-10(6-15)12(17)20-4-2;1-2-10-6(9)5(3-7)4-8;2-1(3)4/h9-10,14-15H,3-8H2,1-2H3;5,7-8H,2-4H2,1H3;. The van der Waals surface area contributed by atoms with Gasteiger partial charge in [-0.05, 0) is 44.0 Å². The highest BCUT2D eigenvalue weighted by Crippen LogP contribution is 2.04. The van der Waals surface area contributed by atoms with Gasteiger partial charge in [-0.1, -0.05) is 0 Å². The van der Waals surface area contributed by atoms with Gasteiger partial charge < -0.3 is 44.1 Å². The fourth-order valence-electron chi connectivity index (χ4n) is 1.76. The van der Waals surface area contributed by atoms with E-state index in [1.807, 2.05) is 0 Å². The quantitative estimate of drug-likeness (QED) is 0.125. The molecule has 0 aromatic heterocycles. The molecule has 0 saturated carbocycles. The third kappa shape index (κ3) is 22.2. The first kappa shape index (κ1) is 38.3. The van der Waals surface area contributed by atoms with E-state index in [4.69, 9.17) is 25.2 Å². The minimum absolute atomic E-state index is 0.136. The van der Waals surface area contributed by atoms with Crippen molar-refractivity contribution in [1.82, 2.24) is 0 Å². The van der Waals surface area contributed by atoms with Crippen LogP contribution in [0.25, 0.3) is 0 Å². The summed E-state index contributed by atoms with van der Waals surface area (Å²) < 4.78 is 22.3. The largest absolute Gasteiger partial charge is 0.508 e. The highest BCUT2D eigenvalue weighted by atomic mass is 35.5. The number of ether oxygens (including phenoxy) is 5. The summed E-state index contributed by atoms with van der Waals surface area (Å²) in [5, 5.41) is 34.9. The van der Waals surface area contributed by atoms with E-state index in [0.717, 1.165) is 0 Å². The van der Waals surface area contributed by atoms with Gasteiger partial charge in [0.05, 0.1) is 46.2 Å². The summed E-state index contributed by atoms with van der Waals surface area (Å²) in [6, 6.07) is 0. The predicted molar refractivity (Wildman–Crippen MR) is 123 cm³/mol. The molecule has 0 aliphatic heterocycles. The molecule has 0 aromatic carbocycles. The Labute approximate surface area is 218 Å². The maximum atomic E-state index is 11.4. The number of aliphatic hydroxyl groups is 4. The molecule has 2 atom stereocenters. The zero-order valence-electron chi connectivity index (χ0n) is 20.2. The summed E-state index contributed by atoms with van der Waals surface area (Å²) in [5.74, 6) is -4.74. The SMILES string of the molecule is CCOC(=O)C(CO)CO.CCOC(=O)C(CO)COC(=O)OCC(CO)C(=O)OCC.O=C(Cl)Cl. The molecular formula is C20H34Cl2O14. The van der Waals surface area contributed by atoms with Crippen molar-refractivity contribution in [3.05, 3.63) is 0 Å². The molecule has 0 spiro atoms. The molecule has 0 bridgehead atoms. The maximum absolute atomic E-state index is 11.4. The second-order valence-corrected chi connectivity index (χ2v) is 7.05. The topological polar surface area (TPSA) is 212 Å². The Kier molecular flexibility index (Phi) is 27.5. The van der Waals surface area contributed by atoms with E-state index in [0.29, 0.717) is 0 Å². The molecule has 0 radical (unpaired) electrons. The van der Waals surface area contributed by atoms with Crippen molar-refractivity contribution >= 4 is 52.0 Å². The molecule has 14 nitrogen and oxygen atoms in total. The van der Waals surface area contributed by atoms with Gasteiger partial charge in [0.2, 0.25) is 0 Å². The summed E-state index contributed by atoms with van der Waals surface area (Å²) >= 11 is 8.80. The highest BCUT2D eigenvalue weighted by molar-refractivity contribution is 6.93. The van der Waals surface area contributed by atoms with Gasteiger partial charge >= 0.3 is 28.8 Å². The Balaban J connectivity index is -0.000000640. The second kappa shape index (κ2) is 25.9. The van der Waals surface area contributed by atoms with Gasteiger partial charge in [-0.2, -0.15) is 0 Å². The molecule has 16 heteroatoms. The molecule has 0 heterocycles. The van der Waals surface area contributed by atoms with Crippen LogP contribution in [0.2, 0.25) is 0 Å². The van der Waals surface area contributed by atoms with Crippen LogP contribution < -0.4 is 0 Å². The Hall–Kier alpha value is -2.23. The molecule has 0 saturated heterocycles. The first-order valence-corrected chi connectivity index (χ1v) is 11.3. The predicted octanol–water partition coefficient (Wildman–Crippen LogP) is 0.217. The van der Waals surface area contributed by atoms with Crippen LogP contribution in [0.4, 0.5) is 9.59 Å². The minimum Gasteiger partial charge on any atom is -0.466 e. The Bertz CT molecular complexity index is 592. The molecule has 36 heavy (non-hydrogen) atoms. The maximum Gasteiger partial charge on any atom is 0.508 e. The van der Waals surface area contributed by atoms with E-state index >= 15 is 0 Å². The average Bonchev–Trinajstić information content (AvgIpc) is 2.81. The van der Waals surface area contributed by atoms with Crippen LogP contribution >= 0.6 is 23.2 Å². The van der Waals surface area contributed by atoms with Crippen molar-refractivity contribution in [2.75, 3.05) is 59.5 Å². The van der Waals surface area contributed by atoms with E-state index in [-0.39, 0.29) is 33.0 Å². The van der Waals surface area contributed by atoms with Crippen LogP contribution in [0.15, 0.2) is 0 Å². The minimum atomic E-state index is -1.13. The van der Waals surface area contributed by atoms with Crippen LogP contribution in [0.3, 0.4) is 0 Å². The smallest absolute Gasteiger partial charge is 0.466 e. The zero-order valence-corrected chi connectivity index (χ0v) is 21.7. The molecule has 0 aliphatic rings. The summed E-state index contributed by atoms with van der Waals surface area (Å²) in [6.07, 6.45) is -1.13. The fraction of sp³-hybridized carbons (Fsp3) is 0.750. The number of carbonyl (C=O) groups excluding carboxylic acids is 5. The molecule has 2 unspecified atom stereocenters. The second-order valence-electron chi connectivity index (χ2n) is 6.17. The number of aliphatic hydroxyl groups excluding tert-OH is 4. The van der Waals surface area contributed by atoms with E-state index in [1.165, 1.54) is 0 Å². The van der Waals surface area contributed by atoms with Gasteiger partial charge in [0.25, 0.3) is 0 Å². The van der Waals surface area contributed by atoms with Crippen molar-refractivity contribution in [2.45, 2.75) is 20.8 Å². The summed E-state index contributed by atoms with van der Waals surface area (Å²) in [5.41, 5.74) is 0. The monoisotopic (exact) mass is 568 g/mol. The number of rotatable bonds is 14. The van der Waals surface area contributed by atoms with Crippen molar-refractivity contribution in [2.24, 2.45) is 17.8 Å². The third-order valence-electron chi connectivity index (χ3n) is 3.55. The Morgan fingerprint density at radius 2 is 0.806 bits per heavy atom. The van der Waals surface area contributed by atoms with Gasteiger partial charge in [0, 0.05) is 0 Å². The molecule has 0 fully saturated rings. The lowest BCUT2D eigenvalue weighted by molar-refractivity contribution is -0.152. The van der Waals surface area contributed by atoms with Crippen LogP contribution in [0, 0.1) is 17.8 Å². The van der Waals surface area contributed by atoms with Crippen molar-refractivity contribution in [1.29, 1.82) is 0 Å². The van der Waals surface area contributed by atoms with E-state index in [2.05, 4.69) is 46.9 Å². The van der Waals surface area contributed by atoms with Crippen molar-refractivity contribution in [3.63, 3.8) is 0 Å². The van der Waals surface area contributed by atoms with Gasteiger partial charge in [-0.25, -0.2) is 4.79 Å². The lowest BCUT2D eigenvalue weighted by Crippen LogP contribution is -2.30. The number of carbonyl (C=O) groups is 5. The van der Waals surface area contributed by atoms with E-state index in [9.17, 15) is 19.2 Å².